The molecule has 4 rings (SSSR count). The molecule has 8 heteroatoms. The number of aromatic nitrogens is 1. The van der Waals surface area contributed by atoms with Crippen LogP contribution in [0.15, 0.2) is 23.3 Å². The lowest BCUT2D eigenvalue weighted by molar-refractivity contribution is 0.0940. The number of carbonyl (C=O) groups excluding carboxylic acids is 1. The highest BCUT2D eigenvalue weighted by Gasteiger charge is 2.60. The largest absolute Gasteiger partial charge is 0.379 e. The second kappa shape index (κ2) is 5.45. The van der Waals surface area contributed by atoms with Crippen LogP contribution in [0.2, 0.25) is 0 Å². The van der Waals surface area contributed by atoms with E-state index >= 15 is 0 Å². The number of amides is 1. The summed E-state index contributed by atoms with van der Waals surface area (Å²) < 4.78 is 18.5. The van der Waals surface area contributed by atoms with Crippen molar-refractivity contribution in [1.29, 1.82) is 0 Å². The smallest absolute Gasteiger partial charge is 0.270 e. The average Bonchev–Trinajstić information content (AvgIpc) is 3.17. The molecule has 4 atom stereocenters. The van der Waals surface area contributed by atoms with Crippen molar-refractivity contribution in [2.24, 2.45) is 22.6 Å². The van der Waals surface area contributed by atoms with Gasteiger partial charge in [0.1, 0.15) is 11.5 Å². The Morgan fingerprint density at radius 1 is 1.52 bits per heavy atom. The third kappa shape index (κ3) is 2.59. The Hall–Kier alpha value is -1.67. The van der Waals surface area contributed by atoms with Gasteiger partial charge < -0.3 is 15.8 Å². The first-order chi connectivity index (χ1) is 11.1. The maximum absolute atomic E-state index is 12.9. The molecule has 1 saturated heterocycles. The van der Waals surface area contributed by atoms with Crippen molar-refractivity contribution in [3.63, 3.8) is 0 Å². The summed E-state index contributed by atoms with van der Waals surface area (Å²) in [6, 6.07) is 2.66. The Labute approximate surface area is 137 Å². The predicted molar refractivity (Wildman–Crippen MR) is 84.7 cm³/mol. The van der Waals surface area contributed by atoms with Gasteiger partial charge in [-0.25, -0.2) is 9.37 Å². The molecule has 0 unspecified atom stereocenters. The van der Waals surface area contributed by atoms with Crippen molar-refractivity contribution in [1.82, 2.24) is 10.3 Å². The molecule has 0 bridgehead atoms. The number of nitrogens with two attached hydrogens (primary N) is 1. The van der Waals surface area contributed by atoms with Crippen LogP contribution in [0.4, 0.5) is 4.39 Å². The highest BCUT2D eigenvalue weighted by molar-refractivity contribution is 8.13. The summed E-state index contributed by atoms with van der Waals surface area (Å²) in [5, 5.41) is 3.56. The van der Waals surface area contributed by atoms with Gasteiger partial charge in [0.25, 0.3) is 5.91 Å². The van der Waals surface area contributed by atoms with E-state index in [1.165, 1.54) is 12.1 Å². The molecule has 6 nitrogen and oxygen atoms in total. The SMILES string of the molecule is NC1=N[C@@]2([C@H]3C[C@@H]3NC(=O)c3ccc(F)cn3)COC[C@H]2CS1. The maximum Gasteiger partial charge on any atom is 0.270 e. The van der Waals surface area contributed by atoms with Gasteiger partial charge in [0.2, 0.25) is 0 Å². The van der Waals surface area contributed by atoms with Crippen LogP contribution < -0.4 is 11.1 Å². The Morgan fingerprint density at radius 3 is 3.17 bits per heavy atom. The topological polar surface area (TPSA) is 89.6 Å². The quantitative estimate of drug-likeness (QED) is 0.852. The van der Waals surface area contributed by atoms with Crippen molar-refractivity contribution in [3.8, 4) is 0 Å². The van der Waals surface area contributed by atoms with Gasteiger partial charge in [-0.05, 0) is 18.6 Å². The van der Waals surface area contributed by atoms with Crippen LogP contribution in [-0.2, 0) is 4.74 Å². The number of halogens is 1. The number of rotatable bonds is 3. The monoisotopic (exact) mass is 336 g/mol. The number of nitrogens with zero attached hydrogens (tertiary/aromatic N) is 2. The summed E-state index contributed by atoms with van der Waals surface area (Å²) in [4.78, 5) is 20.7. The Balaban J connectivity index is 1.46. The fourth-order valence-electron chi connectivity index (χ4n) is 3.52. The molecule has 3 aliphatic rings. The molecule has 1 aromatic heterocycles. The summed E-state index contributed by atoms with van der Waals surface area (Å²) in [6.45, 7) is 1.26. The first-order valence-electron chi connectivity index (χ1n) is 7.57. The van der Waals surface area contributed by atoms with E-state index in [0.717, 1.165) is 18.4 Å². The Kier molecular flexibility index (Phi) is 3.53. The summed E-state index contributed by atoms with van der Waals surface area (Å²) in [5.74, 6) is 0.743. The van der Waals surface area contributed by atoms with Gasteiger partial charge in [-0.15, -0.1) is 0 Å². The molecular formula is C15H17FN4O2S. The van der Waals surface area contributed by atoms with Crippen molar-refractivity contribution >= 4 is 22.8 Å². The van der Waals surface area contributed by atoms with Gasteiger partial charge in [-0.2, -0.15) is 0 Å². The number of ether oxygens (including phenoxy) is 1. The van der Waals surface area contributed by atoms with Crippen LogP contribution in [0.25, 0.3) is 0 Å². The van der Waals surface area contributed by atoms with Gasteiger partial charge >= 0.3 is 0 Å². The van der Waals surface area contributed by atoms with E-state index in [0.29, 0.717) is 24.3 Å². The van der Waals surface area contributed by atoms with E-state index < -0.39 is 5.82 Å². The molecule has 2 aliphatic heterocycles. The van der Waals surface area contributed by atoms with Crippen molar-refractivity contribution in [3.05, 3.63) is 29.8 Å². The molecule has 0 spiro atoms. The zero-order valence-corrected chi connectivity index (χ0v) is 13.2. The number of pyridine rings is 1. The number of thioether (sulfide) groups is 1. The van der Waals surface area contributed by atoms with Crippen LogP contribution in [0.5, 0.6) is 0 Å². The van der Waals surface area contributed by atoms with Gasteiger partial charge in [0.15, 0.2) is 5.17 Å². The second-order valence-electron chi connectivity index (χ2n) is 6.25. The first kappa shape index (κ1) is 14.9. The molecule has 0 aromatic carbocycles. The van der Waals surface area contributed by atoms with Crippen LogP contribution in [-0.4, -0.2) is 46.6 Å². The number of nitrogens with one attached hydrogen (secondary N) is 1. The van der Waals surface area contributed by atoms with E-state index in [1.54, 1.807) is 11.8 Å². The molecule has 2 fully saturated rings. The molecule has 3 heterocycles. The molecule has 1 aliphatic carbocycles. The van der Waals surface area contributed by atoms with Gasteiger partial charge in [0.05, 0.1) is 24.9 Å². The summed E-state index contributed by atoms with van der Waals surface area (Å²) in [7, 11) is 0. The molecule has 1 amide bonds. The molecular weight excluding hydrogens is 319 g/mol. The molecule has 23 heavy (non-hydrogen) atoms. The number of fused-ring (bicyclic) bond motifs is 1. The van der Waals surface area contributed by atoms with Crippen molar-refractivity contribution in [2.45, 2.75) is 18.0 Å². The number of aliphatic imine (C=N–C) groups is 1. The predicted octanol–water partition coefficient (Wildman–Crippen LogP) is 0.786. The highest BCUT2D eigenvalue weighted by atomic mass is 32.2. The highest BCUT2D eigenvalue weighted by Crippen LogP contribution is 2.51. The summed E-state index contributed by atoms with van der Waals surface area (Å²) >= 11 is 1.57. The van der Waals surface area contributed by atoms with Gasteiger partial charge in [-0.3, -0.25) is 9.79 Å². The maximum atomic E-state index is 12.9. The van der Waals surface area contributed by atoms with Crippen molar-refractivity contribution in [2.75, 3.05) is 19.0 Å². The van der Waals surface area contributed by atoms with Crippen LogP contribution in [0, 0.1) is 17.7 Å². The van der Waals surface area contributed by atoms with Crippen LogP contribution in [0.1, 0.15) is 16.9 Å². The average molecular weight is 336 g/mol. The third-order valence-electron chi connectivity index (χ3n) is 4.82. The van der Waals surface area contributed by atoms with E-state index in [-0.39, 0.29) is 29.1 Å². The molecule has 1 aromatic rings. The molecule has 122 valence electrons. The number of hydrogen-bond donors (Lipinski definition) is 2. The third-order valence-corrected chi connectivity index (χ3v) is 5.78. The zero-order valence-electron chi connectivity index (χ0n) is 12.4. The van der Waals surface area contributed by atoms with Gasteiger partial charge in [0, 0.05) is 23.6 Å². The van der Waals surface area contributed by atoms with Crippen LogP contribution in [0.3, 0.4) is 0 Å². The number of carbonyl (C=O) groups is 1. The lowest BCUT2D eigenvalue weighted by atomic mass is 9.83. The minimum Gasteiger partial charge on any atom is -0.379 e. The molecule has 0 radical (unpaired) electrons. The Morgan fingerprint density at radius 2 is 2.39 bits per heavy atom. The number of amidine groups is 1. The lowest BCUT2D eigenvalue weighted by Crippen LogP contribution is -2.46. The summed E-state index contributed by atoms with van der Waals surface area (Å²) in [6.07, 6.45) is 1.90. The van der Waals surface area contributed by atoms with E-state index in [4.69, 9.17) is 15.5 Å². The zero-order chi connectivity index (χ0) is 16.0. The lowest BCUT2D eigenvalue weighted by Gasteiger charge is -2.34. The fraction of sp³-hybridized carbons (Fsp3) is 0.533. The van der Waals surface area contributed by atoms with Crippen molar-refractivity contribution < 1.29 is 13.9 Å². The first-order valence-corrected chi connectivity index (χ1v) is 8.55. The number of hydrogen-bond acceptors (Lipinski definition) is 6. The van der Waals surface area contributed by atoms with E-state index in [9.17, 15) is 9.18 Å². The second-order valence-corrected chi connectivity index (χ2v) is 7.29. The molecule has 3 N–H and O–H groups in total. The fourth-order valence-corrected chi connectivity index (χ4v) is 4.51. The van der Waals surface area contributed by atoms with Gasteiger partial charge in [-0.1, -0.05) is 11.8 Å². The minimum absolute atomic E-state index is 0.0400. The van der Waals surface area contributed by atoms with Crippen LogP contribution >= 0.6 is 11.8 Å². The normalized spacial score (nSPS) is 35.3. The van der Waals surface area contributed by atoms with E-state index in [1.807, 2.05) is 0 Å². The molecule has 1 saturated carbocycles. The van der Waals surface area contributed by atoms with E-state index in [2.05, 4.69) is 10.3 Å². The summed E-state index contributed by atoms with van der Waals surface area (Å²) in [5.41, 5.74) is 5.83. The standard InChI is InChI=1S/C15H17FN4O2S/c16-9-1-2-11(18-4-9)13(21)19-12-3-10(12)15-7-22-5-8(15)6-23-14(17)20-15/h1-2,4,8,10,12H,3,5-7H2,(H2,17,20)(H,19,21)/t8-,10-,12-,15-/m0/s1. The minimum atomic E-state index is -0.458. The Bertz CT molecular complexity index is 668.